The van der Waals surface area contributed by atoms with Crippen molar-refractivity contribution in [3.05, 3.63) is 11.9 Å². The molecule has 0 radical (unpaired) electrons. The molecule has 1 N–H and O–H groups in total. The van der Waals surface area contributed by atoms with Crippen molar-refractivity contribution in [1.29, 1.82) is 0 Å². The molecule has 0 saturated heterocycles. The van der Waals surface area contributed by atoms with Crippen molar-refractivity contribution in [3.63, 3.8) is 0 Å². The smallest absolute Gasteiger partial charge is 0.203 e. The van der Waals surface area contributed by atoms with E-state index >= 15 is 0 Å². The van der Waals surface area contributed by atoms with E-state index in [1.807, 2.05) is 13.8 Å². The Labute approximate surface area is 118 Å². The van der Waals surface area contributed by atoms with Crippen LogP contribution in [0.3, 0.4) is 0 Å². The van der Waals surface area contributed by atoms with Gasteiger partial charge in [0.1, 0.15) is 0 Å². The van der Waals surface area contributed by atoms with Gasteiger partial charge in [0.2, 0.25) is 5.95 Å². The number of hydrogen-bond donors (Lipinski definition) is 1. The molecule has 2 atom stereocenters. The van der Waals surface area contributed by atoms with Crippen LogP contribution in [0.25, 0.3) is 0 Å². The Morgan fingerprint density at radius 2 is 2.21 bits per heavy atom. The maximum absolute atomic E-state index is 11.3. The van der Waals surface area contributed by atoms with Crippen LogP contribution in [0, 0.1) is 6.92 Å². The number of nitrogens with zero attached hydrogens (tertiary/aromatic N) is 2. The van der Waals surface area contributed by atoms with E-state index in [0.717, 1.165) is 24.6 Å². The van der Waals surface area contributed by atoms with Crippen LogP contribution in [-0.4, -0.2) is 31.8 Å². The third-order valence-electron chi connectivity index (χ3n) is 3.97. The highest BCUT2D eigenvalue weighted by atomic mass is 32.2. The van der Waals surface area contributed by atoms with Crippen molar-refractivity contribution in [2.24, 2.45) is 0 Å². The molecular formula is C14H25N3OS. The molecule has 108 valence electrons. The summed E-state index contributed by atoms with van der Waals surface area (Å²) in [6.45, 7) is 4.91. The Bertz CT molecular complexity index is 438. The molecule has 2 unspecified atom stereocenters. The van der Waals surface area contributed by atoms with Crippen molar-refractivity contribution in [3.8, 4) is 0 Å². The van der Waals surface area contributed by atoms with Crippen molar-refractivity contribution < 1.29 is 4.21 Å². The number of rotatable bonds is 6. The van der Waals surface area contributed by atoms with Crippen LogP contribution >= 0.6 is 0 Å². The van der Waals surface area contributed by atoms with E-state index in [2.05, 4.69) is 21.1 Å². The van der Waals surface area contributed by atoms with Crippen LogP contribution in [-0.2, 0) is 10.8 Å². The Morgan fingerprint density at radius 1 is 1.53 bits per heavy atom. The van der Waals surface area contributed by atoms with Crippen LogP contribution in [0.15, 0.2) is 6.20 Å². The molecule has 19 heavy (non-hydrogen) atoms. The lowest BCUT2D eigenvalue weighted by molar-refractivity contribution is 0.522. The second-order valence-corrected chi connectivity index (χ2v) is 7.38. The Hall–Kier alpha value is -0.840. The van der Waals surface area contributed by atoms with Gasteiger partial charge in [-0.1, -0.05) is 19.8 Å². The average molecular weight is 283 g/mol. The maximum Gasteiger partial charge on any atom is 0.203 e. The third kappa shape index (κ3) is 3.81. The molecule has 0 aromatic carbocycles. The highest BCUT2D eigenvalue weighted by Crippen LogP contribution is 2.32. The first-order valence-corrected chi connectivity index (χ1v) is 8.81. The number of imidazole rings is 1. The topological polar surface area (TPSA) is 46.9 Å². The van der Waals surface area contributed by atoms with Gasteiger partial charge in [-0.05, 0) is 26.2 Å². The van der Waals surface area contributed by atoms with Gasteiger partial charge in [0.25, 0.3) is 0 Å². The van der Waals surface area contributed by atoms with Crippen molar-refractivity contribution in [1.82, 2.24) is 9.55 Å². The fraction of sp³-hybridized carbons (Fsp3) is 0.786. The first-order valence-electron chi connectivity index (χ1n) is 7.19. The largest absolute Gasteiger partial charge is 0.356 e. The molecule has 0 amide bonds. The quantitative estimate of drug-likeness (QED) is 0.873. The van der Waals surface area contributed by atoms with E-state index in [9.17, 15) is 4.21 Å². The zero-order valence-electron chi connectivity index (χ0n) is 12.2. The molecule has 0 spiro atoms. The van der Waals surface area contributed by atoms with E-state index in [1.54, 1.807) is 6.26 Å². The van der Waals surface area contributed by atoms with E-state index in [4.69, 9.17) is 0 Å². The highest BCUT2D eigenvalue weighted by Gasteiger charge is 2.20. The molecule has 0 aliphatic heterocycles. The zero-order valence-corrected chi connectivity index (χ0v) is 13.0. The first kappa shape index (κ1) is 14.6. The fourth-order valence-electron chi connectivity index (χ4n) is 2.66. The molecule has 5 heteroatoms. The van der Waals surface area contributed by atoms with Gasteiger partial charge in [0.05, 0.1) is 5.69 Å². The lowest BCUT2D eigenvalue weighted by Crippen LogP contribution is -2.17. The van der Waals surface area contributed by atoms with Crippen LogP contribution in [0.4, 0.5) is 5.95 Å². The Kier molecular flexibility index (Phi) is 5.02. The van der Waals surface area contributed by atoms with Crippen molar-refractivity contribution >= 4 is 16.7 Å². The van der Waals surface area contributed by atoms with Gasteiger partial charge in [0, 0.05) is 41.1 Å². The molecule has 1 aromatic rings. The van der Waals surface area contributed by atoms with Gasteiger partial charge in [-0.25, -0.2) is 4.98 Å². The second kappa shape index (κ2) is 6.55. The molecule has 0 bridgehead atoms. The summed E-state index contributed by atoms with van der Waals surface area (Å²) in [4.78, 5) is 4.57. The standard InChI is InChI=1S/C14H25N3OS/c1-11-10-17(13-6-4-5-7-13)14(16-11)15-9-8-12(2)19(3)18/h10,12-13H,4-9H2,1-3H3,(H,15,16). The number of anilines is 1. The summed E-state index contributed by atoms with van der Waals surface area (Å²) < 4.78 is 13.6. The molecule has 1 fully saturated rings. The van der Waals surface area contributed by atoms with E-state index in [-0.39, 0.29) is 5.25 Å². The van der Waals surface area contributed by atoms with Gasteiger partial charge in [0.15, 0.2) is 0 Å². The summed E-state index contributed by atoms with van der Waals surface area (Å²) in [6, 6.07) is 0.612. The maximum atomic E-state index is 11.3. The summed E-state index contributed by atoms with van der Waals surface area (Å²) in [5, 5.41) is 3.65. The van der Waals surface area contributed by atoms with Gasteiger partial charge in [-0.3, -0.25) is 4.21 Å². The minimum Gasteiger partial charge on any atom is -0.356 e. The molecule has 1 aromatic heterocycles. The normalized spacial score (nSPS) is 19.5. The fourth-order valence-corrected chi connectivity index (χ4v) is 3.11. The lowest BCUT2D eigenvalue weighted by atomic mass is 10.2. The molecular weight excluding hydrogens is 258 g/mol. The molecule has 2 rings (SSSR count). The number of aromatic nitrogens is 2. The molecule has 1 aliphatic rings. The number of hydrogen-bond acceptors (Lipinski definition) is 3. The number of aryl methyl sites for hydroxylation is 1. The minimum absolute atomic E-state index is 0.239. The minimum atomic E-state index is -0.738. The monoisotopic (exact) mass is 283 g/mol. The highest BCUT2D eigenvalue weighted by molar-refractivity contribution is 7.84. The summed E-state index contributed by atoms with van der Waals surface area (Å²) in [6.07, 6.45) is 10.0. The van der Waals surface area contributed by atoms with Gasteiger partial charge >= 0.3 is 0 Å². The lowest BCUT2D eigenvalue weighted by Gasteiger charge is -2.16. The van der Waals surface area contributed by atoms with E-state index in [1.165, 1.54) is 25.7 Å². The van der Waals surface area contributed by atoms with Gasteiger partial charge < -0.3 is 9.88 Å². The molecule has 1 aliphatic carbocycles. The predicted octanol–water partition coefficient (Wildman–Crippen LogP) is 2.88. The van der Waals surface area contributed by atoms with E-state index in [0.29, 0.717) is 6.04 Å². The van der Waals surface area contributed by atoms with Crippen LogP contribution < -0.4 is 5.32 Å². The molecule has 1 heterocycles. The van der Waals surface area contributed by atoms with Gasteiger partial charge in [-0.15, -0.1) is 0 Å². The third-order valence-corrected chi connectivity index (χ3v) is 5.34. The average Bonchev–Trinajstić information content (AvgIpc) is 2.97. The summed E-state index contributed by atoms with van der Waals surface area (Å²) in [5.74, 6) is 0.985. The molecule has 1 saturated carbocycles. The second-order valence-electron chi connectivity index (χ2n) is 5.58. The Balaban J connectivity index is 1.94. The van der Waals surface area contributed by atoms with Gasteiger partial charge in [-0.2, -0.15) is 0 Å². The summed E-state index contributed by atoms with van der Waals surface area (Å²) in [7, 11) is -0.738. The predicted molar refractivity (Wildman–Crippen MR) is 81.1 cm³/mol. The number of nitrogens with one attached hydrogen (secondary N) is 1. The Morgan fingerprint density at radius 3 is 2.84 bits per heavy atom. The van der Waals surface area contributed by atoms with Crippen molar-refractivity contribution in [2.45, 2.75) is 57.2 Å². The SMILES string of the molecule is Cc1cn(C2CCCC2)c(NCCC(C)S(C)=O)n1. The molecule has 4 nitrogen and oxygen atoms in total. The van der Waals surface area contributed by atoms with Crippen LogP contribution in [0.2, 0.25) is 0 Å². The van der Waals surface area contributed by atoms with Crippen LogP contribution in [0.1, 0.15) is 50.8 Å². The summed E-state index contributed by atoms with van der Waals surface area (Å²) >= 11 is 0. The van der Waals surface area contributed by atoms with Crippen molar-refractivity contribution in [2.75, 3.05) is 18.1 Å². The summed E-state index contributed by atoms with van der Waals surface area (Å²) in [5.41, 5.74) is 1.07. The van der Waals surface area contributed by atoms with Crippen LogP contribution in [0.5, 0.6) is 0 Å². The zero-order chi connectivity index (χ0) is 13.8. The first-order chi connectivity index (χ1) is 9.08. The van der Waals surface area contributed by atoms with E-state index < -0.39 is 10.8 Å².